The van der Waals surface area contributed by atoms with Crippen LogP contribution < -0.4 is 15.4 Å². The highest BCUT2D eigenvalue weighted by atomic mass is 16.8. The van der Waals surface area contributed by atoms with E-state index in [0.717, 1.165) is 0 Å². The molecular formula is C24H30N2O8. The average Bonchev–Trinajstić information content (AvgIpc) is 3.20. The molecule has 4 rings (SSSR count). The van der Waals surface area contributed by atoms with Gasteiger partial charge in [0, 0.05) is 11.1 Å². The van der Waals surface area contributed by atoms with E-state index in [1.807, 2.05) is 0 Å². The van der Waals surface area contributed by atoms with Crippen LogP contribution in [-0.4, -0.2) is 65.7 Å². The molecule has 2 aliphatic heterocycles. The molecule has 0 spiro atoms. The molecule has 2 amide bonds. The average molecular weight is 475 g/mol. The number of carbonyl (C=O) groups excluding carboxylic acids is 2. The van der Waals surface area contributed by atoms with E-state index in [2.05, 4.69) is 10.6 Å². The zero-order valence-corrected chi connectivity index (χ0v) is 19.6. The van der Waals surface area contributed by atoms with E-state index in [0.29, 0.717) is 16.9 Å². The van der Waals surface area contributed by atoms with Crippen molar-refractivity contribution < 1.29 is 38.7 Å². The van der Waals surface area contributed by atoms with Gasteiger partial charge in [-0.1, -0.05) is 12.1 Å². The molecule has 2 heterocycles. The molecule has 4 N–H and O–H groups in total. The normalized spacial score (nSPS) is 23.6. The lowest BCUT2D eigenvalue weighted by Gasteiger charge is -2.36. The van der Waals surface area contributed by atoms with Crippen molar-refractivity contribution in [3.63, 3.8) is 0 Å². The number of hydrogen-bond acceptors (Lipinski definition) is 8. The van der Waals surface area contributed by atoms with E-state index in [9.17, 15) is 19.8 Å². The minimum atomic E-state index is -1.38. The van der Waals surface area contributed by atoms with Crippen LogP contribution in [0.25, 0.3) is 5.57 Å². The zero-order valence-electron chi connectivity index (χ0n) is 19.6. The Labute approximate surface area is 197 Å². The van der Waals surface area contributed by atoms with Gasteiger partial charge in [-0.3, -0.25) is 9.59 Å². The van der Waals surface area contributed by atoms with Crippen molar-refractivity contribution in [3.05, 3.63) is 47.2 Å². The van der Waals surface area contributed by atoms with Crippen LogP contribution in [0.2, 0.25) is 0 Å². The summed E-state index contributed by atoms with van der Waals surface area (Å²) < 4.78 is 23.3. The molecule has 184 valence electrons. The highest BCUT2D eigenvalue weighted by molar-refractivity contribution is 6.05. The van der Waals surface area contributed by atoms with Crippen molar-refractivity contribution in [2.75, 3.05) is 26.8 Å². The fraction of sp³-hybridized carbons (Fsp3) is 0.500. The number of hydrogen-bond donors (Lipinski definition) is 4. The number of rotatable bonds is 6. The smallest absolute Gasteiger partial charge is 0.254 e. The summed E-state index contributed by atoms with van der Waals surface area (Å²) in [7, 11) is 0. The molecule has 1 aromatic rings. The molecule has 1 saturated heterocycles. The van der Waals surface area contributed by atoms with E-state index in [1.54, 1.807) is 58.0 Å². The number of ether oxygens (including phenoxy) is 4. The molecule has 0 saturated carbocycles. The van der Waals surface area contributed by atoms with E-state index < -0.39 is 34.6 Å². The number of carbonyl (C=O) groups is 2. The van der Waals surface area contributed by atoms with Crippen molar-refractivity contribution in [3.8, 4) is 5.75 Å². The molecule has 1 aliphatic carbocycles. The third kappa shape index (κ3) is 4.29. The molecule has 0 aromatic heterocycles. The highest BCUT2D eigenvalue weighted by Crippen LogP contribution is 2.49. The maximum absolute atomic E-state index is 13.4. The first kappa shape index (κ1) is 24.2. The number of aliphatic hydroxyl groups is 2. The fourth-order valence-electron chi connectivity index (χ4n) is 4.00. The monoisotopic (exact) mass is 474 g/mol. The molecule has 34 heavy (non-hydrogen) atoms. The number of fused-ring (bicyclic) bond motifs is 2. The summed E-state index contributed by atoms with van der Waals surface area (Å²) >= 11 is 0. The molecule has 2 unspecified atom stereocenters. The van der Waals surface area contributed by atoms with Gasteiger partial charge in [0.1, 0.15) is 5.75 Å². The number of benzene rings is 1. The Hall–Kier alpha value is -2.92. The lowest BCUT2D eigenvalue weighted by molar-refractivity contribution is -0.190. The van der Waals surface area contributed by atoms with Gasteiger partial charge in [-0.15, -0.1) is 0 Å². The maximum atomic E-state index is 13.4. The zero-order chi connectivity index (χ0) is 24.7. The summed E-state index contributed by atoms with van der Waals surface area (Å²) in [5.41, 5.74) is -0.782. The Bertz CT molecular complexity index is 1060. The largest absolute Gasteiger partial charge is 0.467 e. The van der Waals surface area contributed by atoms with Crippen LogP contribution in [0, 0.1) is 5.92 Å². The summed E-state index contributed by atoms with van der Waals surface area (Å²) in [5, 5.41) is 24.9. The van der Waals surface area contributed by atoms with Crippen molar-refractivity contribution in [2.45, 2.75) is 44.6 Å². The van der Waals surface area contributed by atoms with E-state index in [1.165, 1.54) is 0 Å². The summed E-state index contributed by atoms with van der Waals surface area (Å²) in [6, 6.07) is 4.95. The Balaban J connectivity index is 1.89. The Morgan fingerprint density at radius 3 is 2.35 bits per heavy atom. The van der Waals surface area contributed by atoms with Crippen molar-refractivity contribution in [2.24, 2.45) is 5.92 Å². The summed E-state index contributed by atoms with van der Waals surface area (Å²) in [6.45, 7) is 5.96. The number of nitrogens with one attached hydrogen (secondary N) is 2. The lowest BCUT2D eigenvalue weighted by Crippen LogP contribution is -2.50. The van der Waals surface area contributed by atoms with Gasteiger partial charge < -0.3 is 39.8 Å². The first-order valence-electron chi connectivity index (χ1n) is 11.0. The highest BCUT2D eigenvalue weighted by Gasteiger charge is 2.51. The minimum absolute atomic E-state index is 0.110. The van der Waals surface area contributed by atoms with Gasteiger partial charge in [-0.05, 0) is 45.9 Å². The van der Waals surface area contributed by atoms with Crippen molar-refractivity contribution >= 4 is 17.4 Å². The van der Waals surface area contributed by atoms with Crippen LogP contribution in [-0.2, 0) is 19.0 Å². The second-order valence-corrected chi connectivity index (χ2v) is 9.77. The number of aliphatic hydroxyl groups excluding tert-OH is 2. The molecule has 2 bridgehead atoms. The standard InChI is InChI=1S/C24H30N2O8/c1-22(2,10-27)25-20(29)14-6-5-7-16-17(14)18-15(21(30)26-23(3,4)11-28)8-9-24(33-12-31-16)19(18)32-13-34-24/h5-9,15,27-28H,10-13H2,1-4H3,(H,25,29)(H,26,30). The molecule has 10 nitrogen and oxygen atoms in total. The van der Waals surface area contributed by atoms with Gasteiger partial charge in [0.25, 0.3) is 11.7 Å². The third-order valence-corrected chi connectivity index (χ3v) is 5.87. The van der Waals surface area contributed by atoms with Crippen LogP contribution in [0.3, 0.4) is 0 Å². The summed E-state index contributed by atoms with van der Waals surface area (Å²) in [6.07, 6.45) is 3.23. The SMILES string of the molecule is CC(C)(CO)NC(=O)c1cccc2c1C1=C3OCOC3(C=CC1C(=O)NC(C)(C)CO)OCO2. The molecule has 1 aromatic carbocycles. The van der Waals surface area contributed by atoms with Crippen LogP contribution in [0.1, 0.15) is 43.6 Å². The van der Waals surface area contributed by atoms with Gasteiger partial charge in [0.05, 0.1) is 35.8 Å². The van der Waals surface area contributed by atoms with Gasteiger partial charge in [-0.2, -0.15) is 0 Å². The van der Waals surface area contributed by atoms with Crippen LogP contribution in [0.4, 0.5) is 0 Å². The predicted octanol–water partition coefficient (Wildman–Crippen LogP) is 1.04. The van der Waals surface area contributed by atoms with Crippen LogP contribution in [0.5, 0.6) is 5.75 Å². The second kappa shape index (κ2) is 8.70. The number of amides is 2. The third-order valence-electron chi connectivity index (χ3n) is 5.87. The quantitative estimate of drug-likeness (QED) is 0.449. The molecule has 1 fully saturated rings. The van der Waals surface area contributed by atoms with Gasteiger partial charge in [0.15, 0.2) is 19.3 Å². The lowest BCUT2D eigenvalue weighted by atomic mass is 9.81. The van der Waals surface area contributed by atoms with E-state index >= 15 is 0 Å². The first-order valence-corrected chi connectivity index (χ1v) is 11.0. The van der Waals surface area contributed by atoms with Crippen LogP contribution in [0.15, 0.2) is 36.1 Å². The topological polar surface area (TPSA) is 136 Å². The summed E-state index contributed by atoms with van der Waals surface area (Å²) in [5.74, 6) is -2.54. The van der Waals surface area contributed by atoms with Crippen molar-refractivity contribution in [1.82, 2.24) is 10.6 Å². The minimum Gasteiger partial charge on any atom is -0.467 e. The molecule has 3 aliphatic rings. The van der Waals surface area contributed by atoms with Crippen molar-refractivity contribution in [1.29, 1.82) is 0 Å². The molecule has 0 radical (unpaired) electrons. The Kier molecular flexibility index (Phi) is 6.19. The van der Waals surface area contributed by atoms with Gasteiger partial charge >= 0.3 is 0 Å². The first-order chi connectivity index (χ1) is 16.0. The molecular weight excluding hydrogens is 444 g/mol. The van der Waals surface area contributed by atoms with Gasteiger partial charge in [0.2, 0.25) is 5.91 Å². The Morgan fingerprint density at radius 2 is 1.68 bits per heavy atom. The van der Waals surface area contributed by atoms with E-state index in [4.69, 9.17) is 18.9 Å². The van der Waals surface area contributed by atoms with Crippen LogP contribution >= 0.6 is 0 Å². The summed E-state index contributed by atoms with van der Waals surface area (Å²) in [4.78, 5) is 26.7. The molecule has 10 heteroatoms. The second-order valence-electron chi connectivity index (χ2n) is 9.77. The fourth-order valence-corrected chi connectivity index (χ4v) is 4.00. The predicted molar refractivity (Wildman–Crippen MR) is 120 cm³/mol. The van der Waals surface area contributed by atoms with E-state index in [-0.39, 0.29) is 38.1 Å². The van der Waals surface area contributed by atoms with Gasteiger partial charge in [-0.25, -0.2) is 0 Å². The Morgan fingerprint density at radius 1 is 1.03 bits per heavy atom. The maximum Gasteiger partial charge on any atom is 0.254 e. The molecule has 2 atom stereocenters.